The Morgan fingerprint density at radius 1 is 0.886 bits per heavy atom. The van der Waals surface area contributed by atoms with Crippen LogP contribution in [0.15, 0.2) is 83.7 Å². The molecule has 0 atom stereocenters. The summed E-state index contributed by atoms with van der Waals surface area (Å²) in [6, 6.07) is 21.9. The number of ketones is 1. The summed E-state index contributed by atoms with van der Waals surface area (Å²) in [6.45, 7) is 0. The third kappa shape index (κ3) is 5.82. The number of aromatic hydroxyl groups is 1. The van der Waals surface area contributed by atoms with E-state index in [1.54, 1.807) is 37.4 Å². The number of hydrogen-bond acceptors (Lipinski definition) is 4. The van der Waals surface area contributed by atoms with Crippen LogP contribution in [0.4, 0.5) is 24.5 Å². The molecule has 3 aromatic carbocycles. The average Bonchev–Trinajstić information content (AvgIpc) is 2.79. The van der Waals surface area contributed by atoms with E-state index in [1.807, 2.05) is 35.2 Å². The Labute approximate surface area is 238 Å². The van der Waals surface area contributed by atoms with Gasteiger partial charge in [0, 0.05) is 78.9 Å². The summed E-state index contributed by atoms with van der Waals surface area (Å²) in [5, 5.41) is 10.5. The van der Waals surface area contributed by atoms with Crippen LogP contribution in [-0.2, 0) is 0 Å². The van der Waals surface area contributed by atoms with E-state index in [9.17, 15) is 27.9 Å². The molecule has 1 aromatic heterocycles. The maximum Gasteiger partial charge on any atom is 0.455 e. The van der Waals surface area contributed by atoms with Gasteiger partial charge in [-0.15, -0.1) is 0 Å². The van der Waals surface area contributed by atoms with Gasteiger partial charge >= 0.3 is 6.18 Å². The average molecular weight is 626 g/mol. The molecule has 5 N–H and O–H groups in total. The smallest absolute Gasteiger partial charge is 0.455 e. The number of Topliss-reactive ketones (excluding diaryl/α,β-unsaturated/α-hetero) is 1. The summed E-state index contributed by atoms with van der Waals surface area (Å²) in [5.74, 6) is -3.38. The molecule has 185 valence electrons. The van der Waals surface area contributed by atoms with E-state index in [1.165, 1.54) is 18.2 Å². The third-order valence-electron chi connectivity index (χ3n) is 5.16. The number of alkyl halides is 3. The van der Waals surface area contributed by atoms with Gasteiger partial charge in [-0.2, -0.15) is 13.2 Å². The van der Waals surface area contributed by atoms with Crippen LogP contribution in [0.1, 0.15) is 10.4 Å². The van der Waals surface area contributed by atoms with Crippen molar-refractivity contribution in [3.63, 3.8) is 0 Å². The third-order valence-corrected chi connectivity index (χ3v) is 5.16. The van der Waals surface area contributed by atoms with Gasteiger partial charge in [0.25, 0.3) is 11.3 Å². The number of fused-ring (bicyclic) bond motifs is 1. The molecule has 0 unspecified atom stereocenters. The molecule has 7 nitrogen and oxygen atoms in total. The van der Waals surface area contributed by atoms with Crippen molar-refractivity contribution < 1.29 is 83.4 Å². The van der Waals surface area contributed by atoms with Gasteiger partial charge in [0.1, 0.15) is 11.3 Å². The van der Waals surface area contributed by atoms with E-state index < -0.39 is 28.8 Å². The quantitative estimate of drug-likeness (QED) is 0.348. The first-order chi connectivity index (χ1) is 15.2. The summed E-state index contributed by atoms with van der Waals surface area (Å²) in [6.07, 6.45) is -5.31. The number of aromatic nitrogens is 1. The number of anilines is 2. The molecule has 0 aliphatic rings. The summed E-state index contributed by atoms with van der Waals surface area (Å²) in [7, 11) is 1.79. The molecule has 1 heterocycles. The first kappa shape index (κ1) is 30.5. The molecular weight excluding hydrogens is 605 g/mol. The molecule has 35 heavy (non-hydrogen) atoms. The second-order valence-electron chi connectivity index (χ2n) is 7.12. The molecule has 1 radical (unpaired) electrons. The Morgan fingerprint density at radius 3 is 1.97 bits per heavy atom. The molecule has 0 fully saturated rings. The van der Waals surface area contributed by atoms with Crippen LogP contribution in [0.3, 0.4) is 0 Å². The molecule has 0 saturated carbocycles. The molecule has 0 amide bonds. The van der Waals surface area contributed by atoms with Crippen molar-refractivity contribution in [2.75, 3.05) is 11.9 Å². The van der Waals surface area contributed by atoms with Crippen molar-refractivity contribution in [3.05, 3.63) is 94.8 Å². The van der Waals surface area contributed by atoms with Crippen LogP contribution in [0, 0.1) is 49.4 Å². The number of carbonyl (C=O) groups is 1. The summed E-state index contributed by atoms with van der Waals surface area (Å²) < 4.78 is 40.5. The van der Waals surface area contributed by atoms with Gasteiger partial charge in [-0.25, -0.2) is 0 Å². The van der Waals surface area contributed by atoms with Gasteiger partial charge < -0.3 is 21.0 Å². The zero-order chi connectivity index (χ0) is 23.0. The van der Waals surface area contributed by atoms with E-state index >= 15 is 0 Å². The number of halogens is 3. The zero-order valence-corrected chi connectivity index (χ0v) is 20.6. The van der Waals surface area contributed by atoms with E-state index in [0.29, 0.717) is 5.69 Å². The van der Waals surface area contributed by atoms with Gasteiger partial charge in [0.05, 0.1) is 5.52 Å². The Hall–Kier alpha value is -2.57. The van der Waals surface area contributed by atoms with Crippen LogP contribution < -0.4 is 10.5 Å². The van der Waals surface area contributed by atoms with E-state index in [2.05, 4.69) is 0 Å². The first-order valence-electron chi connectivity index (χ1n) is 9.57. The molecule has 0 bridgehead atoms. The van der Waals surface area contributed by atoms with Crippen molar-refractivity contribution >= 4 is 28.1 Å². The minimum absolute atomic E-state index is 0. The molecule has 11 heteroatoms. The first-order valence-corrected chi connectivity index (χ1v) is 9.57. The second kappa shape index (κ2) is 11.9. The molecule has 0 spiro atoms. The predicted molar refractivity (Wildman–Crippen MR) is 123 cm³/mol. The number of hydrogen-bond donors (Lipinski definition) is 1. The van der Waals surface area contributed by atoms with Crippen LogP contribution >= 0.6 is 0 Å². The van der Waals surface area contributed by atoms with Crippen LogP contribution in [0.2, 0.25) is 0 Å². The largest absolute Gasteiger partial charge is 0.506 e. The monoisotopic (exact) mass is 627 g/mol. The summed E-state index contributed by atoms with van der Waals surface area (Å²) >= 11 is 0. The Kier molecular flexibility index (Phi) is 10.4. The van der Waals surface area contributed by atoms with Crippen molar-refractivity contribution in [2.45, 2.75) is 6.18 Å². The fourth-order valence-electron chi connectivity index (χ4n) is 3.55. The van der Waals surface area contributed by atoms with Gasteiger partial charge in [-0.1, -0.05) is 36.4 Å². The molecule has 0 saturated heterocycles. The minimum atomic E-state index is -5.31. The molecule has 4 aromatic rings. The number of para-hydroxylation sites is 2. The fourth-order valence-corrected chi connectivity index (χ4v) is 3.55. The maximum atomic E-state index is 13.2. The summed E-state index contributed by atoms with van der Waals surface area (Å²) in [4.78, 5) is 26.9. The fraction of sp³-hybridized carbons (Fsp3) is 0.0833. The summed E-state index contributed by atoms with van der Waals surface area (Å²) in [5.41, 5.74) is -0.660. The van der Waals surface area contributed by atoms with Gasteiger partial charge in [-0.3, -0.25) is 14.2 Å². The van der Waals surface area contributed by atoms with Crippen LogP contribution in [0.25, 0.3) is 16.6 Å². The molecule has 0 aliphatic carbocycles. The Balaban J connectivity index is 0.00000204. The van der Waals surface area contributed by atoms with Gasteiger partial charge in [-0.05, 0) is 42.5 Å². The SMILES string of the molecule is CN(c1ccccc1)c1ccc2c(O)c(C(=O)C(F)(F)F)c(=O)n(-c3ccccc3)c2c1.O.O.[Eu]. The van der Waals surface area contributed by atoms with E-state index in [-0.39, 0.29) is 76.9 Å². The maximum absolute atomic E-state index is 13.2. The number of pyridine rings is 1. The standard InChI is InChI=1S/C24H17F3N2O3.Eu.2H2O/c1-28(15-8-4-2-5-9-15)17-12-13-18-19(14-17)29(16-10-6-3-7-11-16)23(32)20(21(18)30)22(31)24(25,26)27;;;/h2-14,30H,1H3;;2*1H2. The van der Waals surface area contributed by atoms with E-state index in [4.69, 9.17) is 0 Å². The second-order valence-corrected chi connectivity index (χ2v) is 7.12. The van der Waals surface area contributed by atoms with Crippen molar-refractivity contribution in [2.24, 2.45) is 0 Å². The number of nitrogens with zero attached hydrogens (tertiary/aromatic N) is 2. The molecular formula is C24H21EuF3N2O5. The van der Waals surface area contributed by atoms with Crippen molar-refractivity contribution in [3.8, 4) is 11.4 Å². The topological polar surface area (TPSA) is 126 Å². The molecule has 4 rings (SSSR count). The van der Waals surface area contributed by atoms with Gasteiger partial charge in [0.15, 0.2) is 0 Å². The van der Waals surface area contributed by atoms with E-state index in [0.717, 1.165) is 10.3 Å². The van der Waals surface area contributed by atoms with Crippen molar-refractivity contribution in [1.82, 2.24) is 4.57 Å². The molecule has 0 aliphatic heterocycles. The van der Waals surface area contributed by atoms with Crippen molar-refractivity contribution in [1.29, 1.82) is 0 Å². The normalized spacial score (nSPS) is 10.5. The Morgan fingerprint density at radius 2 is 1.43 bits per heavy atom. The van der Waals surface area contributed by atoms with Crippen LogP contribution in [-0.4, -0.2) is 39.6 Å². The zero-order valence-electron chi connectivity index (χ0n) is 18.2. The Bertz CT molecular complexity index is 1380. The number of rotatable bonds is 4. The predicted octanol–water partition coefficient (Wildman–Crippen LogP) is 3.56. The number of carbonyl (C=O) groups excluding carboxylic acids is 1. The number of benzene rings is 3. The minimum Gasteiger partial charge on any atom is -0.506 e. The van der Waals surface area contributed by atoms with Crippen LogP contribution in [0.5, 0.6) is 5.75 Å². The van der Waals surface area contributed by atoms with Gasteiger partial charge in [0.2, 0.25) is 0 Å².